The largest absolute Gasteiger partial charge is 0.227 e. The number of sulfonamides is 1. The molecule has 0 bridgehead atoms. The van der Waals surface area contributed by atoms with E-state index in [4.69, 9.17) is 0 Å². The Labute approximate surface area is 187 Å². The Morgan fingerprint density at radius 1 is 0.774 bits per heavy atom. The van der Waals surface area contributed by atoms with Crippen LogP contribution in [0.3, 0.4) is 0 Å². The van der Waals surface area contributed by atoms with Gasteiger partial charge in [-0.05, 0) is 42.4 Å². The second-order valence-corrected chi connectivity index (χ2v) is 10.1. The molecule has 0 fully saturated rings. The molecule has 3 aromatic rings. The minimum atomic E-state index is -3.54. The van der Waals surface area contributed by atoms with Gasteiger partial charge in [-0.25, -0.2) is 13.4 Å². The van der Waals surface area contributed by atoms with Gasteiger partial charge >= 0.3 is 0 Å². The average Bonchev–Trinajstić information content (AvgIpc) is 2.79. The lowest BCUT2D eigenvalue weighted by atomic mass is 9.92. The molecule has 2 atom stereocenters. The molecule has 3 aromatic carbocycles. The average molecular weight is 437 g/mol. The summed E-state index contributed by atoms with van der Waals surface area (Å²) in [6.45, 7) is 4.91. The third kappa shape index (κ3) is 7.03. The zero-order valence-corrected chi connectivity index (χ0v) is 19.1. The van der Waals surface area contributed by atoms with E-state index in [0.29, 0.717) is 19.5 Å². The molecule has 5 heteroatoms. The molecule has 164 valence electrons. The molecule has 3 rings (SSSR count). The van der Waals surface area contributed by atoms with Gasteiger partial charge < -0.3 is 0 Å². The molecule has 4 nitrogen and oxygen atoms in total. The molecule has 1 N–H and O–H groups in total. The highest BCUT2D eigenvalue weighted by Gasteiger charge is 2.26. The Balaban J connectivity index is 1.74. The monoisotopic (exact) mass is 436 g/mol. The Kier molecular flexibility index (Phi) is 8.41. The van der Waals surface area contributed by atoms with Gasteiger partial charge in [0, 0.05) is 13.1 Å². The van der Waals surface area contributed by atoms with Crippen LogP contribution in [-0.4, -0.2) is 18.7 Å². The maximum Gasteiger partial charge on any atom is 0.227 e. The summed E-state index contributed by atoms with van der Waals surface area (Å²) in [5, 5.41) is 1.28. The summed E-state index contributed by atoms with van der Waals surface area (Å²) in [5.41, 5.74) is 3.31. The first-order valence-corrected chi connectivity index (χ1v) is 12.4. The Morgan fingerprint density at radius 2 is 1.23 bits per heavy atom. The third-order valence-corrected chi connectivity index (χ3v) is 7.36. The Bertz CT molecular complexity index is 968. The highest BCUT2D eigenvalue weighted by molar-refractivity contribution is 7.90. The molecule has 0 saturated carbocycles. The first-order valence-electron chi connectivity index (χ1n) is 10.9. The number of nitrogens with zero attached hydrogens (tertiary/aromatic N) is 1. The van der Waals surface area contributed by atoms with Crippen LogP contribution in [0.5, 0.6) is 0 Å². The standard InChI is InChI=1S/C26H32N2O2S/c1-3-25(26-17-11-6-12-18-26)19-22(2)31(29,30)27-28(20-23-13-7-4-8-14-23)21-24-15-9-5-10-16-24/h4-18,22,25,27H,3,19-21H2,1-2H3. The summed E-state index contributed by atoms with van der Waals surface area (Å²) in [5.74, 6) is 0.212. The molecular formula is C26H32N2O2S. The summed E-state index contributed by atoms with van der Waals surface area (Å²) in [4.78, 5) is 2.88. The predicted molar refractivity (Wildman–Crippen MR) is 128 cm³/mol. The molecule has 0 saturated heterocycles. The maximum absolute atomic E-state index is 13.3. The van der Waals surface area contributed by atoms with Crippen molar-refractivity contribution < 1.29 is 8.42 Å². The van der Waals surface area contributed by atoms with Gasteiger partial charge in [-0.3, -0.25) is 0 Å². The molecular weight excluding hydrogens is 404 g/mol. The second kappa shape index (κ2) is 11.2. The summed E-state index contributed by atoms with van der Waals surface area (Å²) in [7, 11) is -3.54. The van der Waals surface area contributed by atoms with E-state index in [2.05, 4.69) is 23.9 Å². The summed E-state index contributed by atoms with van der Waals surface area (Å²) >= 11 is 0. The number of hydrogen-bond acceptors (Lipinski definition) is 3. The van der Waals surface area contributed by atoms with Crippen LogP contribution in [0, 0.1) is 0 Å². The first kappa shape index (κ1) is 23.2. The lowest BCUT2D eigenvalue weighted by Crippen LogP contribution is -2.45. The normalized spacial score (nSPS) is 13.8. The van der Waals surface area contributed by atoms with Crippen LogP contribution < -0.4 is 4.83 Å². The topological polar surface area (TPSA) is 49.4 Å². The molecule has 0 aliphatic rings. The van der Waals surface area contributed by atoms with Gasteiger partial charge in [0.25, 0.3) is 0 Å². The molecule has 0 amide bonds. The molecule has 31 heavy (non-hydrogen) atoms. The van der Waals surface area contributed by atoms with Crippen molar-refractivity contribution in [3.63, 3.8) is 0 Å². The second-order valence-electron chi connectivity index (χ2n) is 8.03. The smallest absolute Gasteiger partial charge is 0.222 e. The summed E-state index contributed by atoms with van der Waals surface area (Å²) in [6.07, 6.45) is 1.49. The predicted octanol–water partition coefficient (Wildman–Crippen LogP) is 5.50. The van der Waals surface area contributed by atoms with Gasteiger partial charge in [-0.2, -0.15) is 0 Å². The molecule has 0 aliphatic heterocycles. The summed E-state index contributed by atoms with van der Waals surface area (Å²) < 4.78 is 26.5. The first-order chi connectivity index (χ1) is 15.0. The van der Waals surface area contributed by atoms with E-state index in [1.165, 1.54) is 5.56 Å². The number of rotatable bonds is 11. The van der Waals surface area contributed by atoms with E-state index in [9.17, 15) is 8.42 Å². The van der Waals surface area contributed by atoms with Gasteiger partial charge in [0.05, 0.1) is 5.25 Å². The molecule has 0 radical (unpaired) electrons. The lowest BCUT2D eigenvalue weighted by Gasteiger charge is -2.27. The fourth-order valence-corrected chi connectivity index (χ4v) is 4.94. The molecule has 0 aliphatic carbocycles. The zero-order chi connectivity index (χ0) is 22.1. The summed E-state index contributed by atoms with van der Waals surface area (Å²) in [6, 6.07) is 30.0. The van der Waals surface area contributed by atoms with Crippen molar-refractivity contribution >= 4 is 10.0 Å². The maximum atomic E-state index is 13.3. The van der Waals surface area contributed by atoms with Crippen molar-refractivity contribution in [1.29, 1.82) is 0 Å². The van der Waals surface area contributed by atoms with E-state index in [1.807, 2.05) is 78.9 Å². The zero-order valence-electron chi connectivity index (χ0n) is 18.3. The van der Waals surface area contributed by atoms with Crippen LogP contribution in [0.4, 0.5) is 0 Å². The van der Waals surface area contributed by atoms with Crippen molar-refractivity contribution in [2.24, 2.45) is 0 Å². The number of benzene rings is 3. The van der Waals surface area contributed by atoms with Crippen molar-refractivity contribution in [3.05, 3.63) is 108 Å². The fraction of sp³-hybridized carbons (Fsp3) is 0.308. The Hall–Kier alpha value is -2.47. The van der Waals surface area contributed by atoms with Crippen molar-refractivity contribution in [3.8, 4) is 0 Å². The Morgan fingerprint density at radius 3 is 1.68 bits per heavy atom. The van der Waals surface area contributed by atoms with Crippen molar-refractivity contribution in [1.82, 2.24) is 9.84 Å². The SMILES string of the molecule is CCC(CC(C)S(=O)(=O)NN(Cc1ccccc1)Cc1ccccc1)c1ccccc1. The van der Waals surface area contributed by atoms with Gasteiger partial charge in [0.15, 0.2) is 0 Å². The van der Waals surface area contributed by atoms with Crippen LogP contribution in [0.1, 0.15) is 49.3 Å². The minimum Gasteiger partial charge on any atom is -0.222 e. The number of hydrazine groups is 1. The molecule has 0 aromatic heterocycles. The van der Waals surface area contributed by atoms with Gasteiger partial charge in [0.1, 0.15) is 0 Å². The number of hydrogen-bond donors (Lipinski definition) is 1. The van der Waals surface area contributed by atoms with Crippen molar-refractivity contribution in [2.45, 2.75) is 50.9 Å². The van der Waals surface area contributed by atoms with Crippen molar-refractivity contribution in [2.75, 3.05) is 0 Å². The lowest BCUT2D eigenvalue weighted by molar-refractivity contribution is 0.221. The quantitative estimate of drug-likeness (QED) is 0.404. The molecule has 2 unspecified atom stereocenters. The van der Waals surface area contributed by atoms with E-state index < -0.39 is 15.3 Å². The van der Waals surface area contributed by atoms with Gasteiger partial charge in [-0.1, -0.05) is 97.9 Å². The van der Waals surface area contributed by atoms with E-state index >= 15 is 0 Å². The van der Waals surface area contributed by atoms with Crippen LogP contribution in [0.25, 0.3) is 0 Å². The van der Waals surface area contributed by atoms with Crippen LogP contribution in [0.15, 0.2) is 91.0 Å². The van der Waals surface area contributed by atoms with Gasteiger partial charge in [-0.15, -0.1) is 4.83 Å². The molecule has 0 spiro atoms. The van der Waals surface area contributed by atoms with Gasteiger partial charge in [0.2, 0.25) is 10.0 Å². The minimum absolute atomic E-state index is 0.212. The van der Waals surface area contributed by atoms with Crippen LogP contribution in [0.2, 0.25) is 0 Å². The third-order valence-electron chi connectivity index (χ3n) is 5.60. The highest BCUT2D eigenvalue weighted by atomic mass is 32.2. The molecule has 0 heterocycles. The highest BCUT2D eigenvalue weighted by Crippen LogP contribution is 2.26. The van der Waals surface area contributed by atoms with Crippen LogP contribution in [-0.2, 0) is 23.1 Å². The van der Waals surface area contributed by atoms with E-state index in [0.717, 1.165) is 17.5 Å². The fourth-order valence-electron chi connectivity index (χ4n) is 3.79. The van der Waals surface area contributed by atoms with Crippen LogP contribution >= 0.6 is 0 Å². The van der Waals surface area contributed by atoms with E-state index in [-0.39, 0.29) is 5.92 Å². The van der Waals surface area contributed by atoms with E-state index in [1.54, 1.807) is 11.9 Å². The number of nitrogens with one attached hydrogen (secondary N) is 1.